The molecule has 4 N–H and O–H groups in total. The standard InChI is InChI=1S/C20H19F6N5O3/c1-18(7-12(18)19(21,22)23)8-30-15(13(20(24,25)26)14(29-30)9-2-3-9)17(33)28-10-4-5-31(34)11(6-10)16(27)32/h4-6,9,12,34H,2-3,7-8H2,1H3,(H2,27,32)/p+1. The van der Waals surface area contributed by atoms with Gasteiger partial charge in [0.1, 0.15) is 11.3 Å². The Kier molecular flexibility index (Phi) is 5.33. The van der Waals surface area contributed by atoms with Crippen LogP contribution in [0.5, 0.6) is 0 Å². The van der Waals surface area contributed by atoms with Gasteiger partial charge in [0, 0.05) is 29.3 Å². The zero-order valence-electron chi connectivity index (χ0n) is 17.7. The Hall–Kier alpha value is -3.32. The lowest BCUT2D eigenvalue weighted by molar-refractivity contribution is -0.905. The second kappa shape index (κ2) is 7.60. The lowest BCUT2D eigenvalue weighted by Crippen LogP contribution is -2.39. The molecular weight excluding hydrogens is 472 g/mol. The number of carbonyl (C=O) groups is 2. The third-order valence-electron chi connectivity index (χ3n) is 6.14. The van der Waals surface area contributed by atoms with Gasteiger partial charge in [-0.25, -0.2) is 0 Å². The molecule has 2 unspecified atom stereocenters. The van der Waals surface area contributed by atoms with Crippen molar-refractivity contribution in [2.75, 3.05) is 5.32 Å². The third kappa shape index (κ3) is 4.40. The molecule has 0 aliphatic heterocycles. The van der Waals surface area contributed by atoms with Gasteiger partial charge < -0.3 is 11.1 Å². The van der Waals surface area contributed by atoms with E-state index in [0.717, 1.165) is 18.3 Å². The van der Waals surface area contributed by atoms with Crippen molar-refractivity contribution >= 4 is 17.5 Å². The van der Waals surface area contributed by atoms with Crippen LogP contribution in [0.4, 0.5) is 32.0 Å². The fourth-order valence-electron chi connectivity index (χ4n) is 4.13. The molecule has 14 heteroatoms. The summed E-state index contributed by atoms with van der Waals surface area (Å²) in [5.41, 5.74) is 0.513. The number of carbonyl (C=O) groups excluding carboxylic acids is 2. The molecule has 2 aromatic heterocycles. The van der Waals surface area contributed by atoms with Gasteiger partial charge in [-0.1, -0.05) is 6.92 Å². The Balaban J connectivity index is 1.75. The van der Waals surface area contributed by atoms with Crippen LogP contribution in [0.15, 0.2) is 18.3 Å². The molecule has 2 heterocycles. The average Bonchev–Trinajstić information content (AvgIpc) is 3.60. The molecule has 0 spiro atoms. The predicted molar refractivity (Wildman–Crippen MR) is 102 cm³/mol. The highest BCUT2D eigenvalue weighted by atomic mass is 19.4. The summed E-state index contributed by atoms with van der Waals surface area (Å²) in [6.07, 6.45) is -8.03. The van der Waals surface area contributed by atoms with Gasteiger partial charge in [-0.05, 0) is 24.7 Å². The molecule has 0 saturated heterocycles. The molecule has 0 radical (unpaired) electrons. The lowest BCUT2D eigenvalue weighted by atomic mass is 10.1. The molecule has 0 bridgehead atoms. The van der Waals surface area contributed by atoms with Crippen LogP contribution in [0, 0.1) is 11.3 Å². The Morgan fingerprint density at radius 1 is 1.29 bits per heavy atom. The third-order valence-corrected chi connectivity index (χ3v) is 6.14. The van der Waals surface area contributed by atoms with E-state index in [1.807, 2.05) is 0 Å². The van der Waals surface area contributed by atoms with E-state index in [1.54, 1.807) is 0 Å². The number of aromatic nitrogens is 3. The average molecular weight is 492 g/mol. The smallest absolute Gasteiger partial charge is 0.360 e. The predicted octanol–water partition coefficient (Wildman–Crippen LogP) is 3.24. The second-order valence-electron chi connectivity index (χ2n) is 8.95. The second-order valence-corrected chi connectivity index (χ2v) is 8.95. The van der Waals surface area contributed by atoms with E-state index in [9.17, 15) is 41.1 Å². The van der Waals surface area contributed by atoms with Crippen molar-refractivity contribution in [3.8, 4) is 0 Å². The summed E-state index contributed by atoms with van der Waals surface area (Å²) in [4.78, 5) is 24.4. The van der Waals surface area contributed by atoms with Crippen LogP contribution in [0.25, 0.3) is 0 Å². The maximum Gasteiger partial charge on any atom is 0.420 e. The van der Waals surface area contributed by atoms with Gasteiger partial charge in [0.25, 0.3) is 5.91 Å². The quantitative estimate of drug-likeness (QED) is 0.326. The van der Waals surface area contributed by atoms with Crippen molar-refractivity contribution in [1.29, 1.82) is 0 Å². The van der Waals surface area contributed by atoms with Gasteiger partial charge in [-0.3, -0.25) is 19.5 Å². The molecule has 2 aliphatic rings. The summed E-state index contributed by atoms with van der Waals surface area (Å²) in [5.74, 6) is -4.60. The maximum atomic E-state index is 14.0. The van der Waals surface area contributed by atoms with E-state index in [1.165, 1.54) is 6.92 Å². The first-order chi connectivity index (χ1) is 15.6. The largest absolute Gasteiger partial charge is 0.420 e. The molecule has 2 amide bonds. The SMILES string of the molecule is CC1(Cn2nc(C3CC3)c(C(F)(F)F)c2C(=O)Nc2cc[n+](O)c(C(N)=O)c2)CC1C(F)(F)F. The summed E-state index contributed by atoms with van der Waals surface area (Å²) < 4.78 is 82.7. The van der Waals surface area contributed by atoms with E-state index in [4.69, 9.17) is 5.73 Å². The van der Waals surface area contributed by atoms with Gasteiger partial charge in [-0.2, -0.15) is 31.4 Å². The van der Waals surface area contributed by atoms with Crippen LogP contribution in [0.3, 0.4) is 0 Å². The number of nitrogens with one attached hydrogen (secondary N) is 1. The molecule has 2 atom stereocenters. The van der Waals surface area contributed by atoms with Gasteiger partial charge in [0.15, 0.2) is 0 Å². The minimum atomic E-state index is -4.99. The summed E-state index contributed by atoms with van der Waals surface area (Å²) in [6, 6.07) is 2.04. The van der Waals surface area contributed by atoms with Crippen LogP contribution in [-0.4, -0.2) is 33.0 Å². The van der Waals surface area contributed by atoms with Crippen LogP contribution in [-0.2, 0) is 12.7 Å². The van der Waals surface area contributed by atoms with Gasteiger partial charge >= 0.3 is 24.0 Å². The van der Waals surface area contributed by atoms with Gasteiger partial charge in [0.05, 0.1) is 17.3 Å². The number of nitrogens with zero attached hydrogens (tertiary/aromatic N) is 3. The van der Waals surface area contributed by atoms with E-state index in [0.29, 0.717) is 22.3 Å². The Bertz CT molecular complexity index is 1170. The Morgan fingerprint density at radius 3 is 2.44 bits per heavy atom. The number of halogens is 6. The zero-order chi connectivity index (χ0) is 25.2. The highest BCUT2D eigenvalue weighted by molar-refractivity contribution is 6.05. The number of hydrogen-bond donors (Lipinski definition) is 3. The topological polar surface area (TPSA) is 114 Å². The van der Waals surface area contributed by atoms with E-state index >= 15 is 0 Å². The number of anilines is 1. The number of amides is 2. The molecule has 4 rings (SSSR count). The number of alkyl halides is 6. The monoisotopic (exact) mass is 492 g/mol. The first kappa shape index (κ1) is 23.8. The fraction of sp³-hybridized carbons (Fsp3) is 0.500. The first-order valence-corrected chi connectivity index (χ1v) is 10.2. The molecule has 0 aromatic carbocycles. The fourth-order valence-corrected chi connectivity index (χ4v) is 4.13. The maximum absolute atomic E-state index is 14.0. The highest BCUT2D eigenvalue weighted by Crippen LogP contribution is 2.61. The number of primary amides is 1. The normalized spacial score (nSPS) is 22.5. The number of pyridine rings is 1. The van der Waals surface area contributed by atoms with Crippen molar-refractivity contribution in [2.24, 2.45) is 17.1 Å². The van der Waals surface area contributed by atoms with Crippen molar-refractivity contribution in [1.82, 2.24) is 9.78 Å². The van der Waals surface area contributed by atoms with Crippen molar-refractivity contribution in [2.45, 2.75) is 51.0 Å². The Labute approximate surface area is 188 Å². The number of nitrogens with two attached hydrogens (primary N) is 1. The minimum Gasteiger partial charge on any atom is -0.360 e. The van der Waals surface area contributed by atoms with Gasteiger partial charge in [-0.15, -0.1) is 0 Å². The molecule has 2 fully saturated rings. The zero-order valence-corrected chi connectivity index (χ0v) is 17.7. The molecule has 2 aromatic rings. The van der Waals surface area contributed by atoms with Crippen LogP contribution < -0.4 is 15.8 Å². The molecule has 2 saturated carbocycles. The molecule has 2 aliphatic carbocycles. The van der Waals surface area contributed by atoms with Crippen LogP contribution in [0.2, 0.25) is 0 Å². The summed E-state index contributed by atoms with van der Waals surface area (Å²) in [6.45, 7) is 0.753. The lowest BCUT2D eigenvalue weighted by Gasteiger charge is -2.17. The minimum absolute atomic E-state index is 0.163. The van der Waals surface area contributed by atoms with Crippen molar-refractivity contribution in [3.63, 3.8) is 0 Å². The first-order valence-electron chi connectivity index (χ1n) is 10.2. The summed E-state index contributed by atoms with van der Waals surface area (Å²) in [5, 5.41) is 15.7. The molecule has 184 valence electrons. The highest BCUT2D eigenvalue weighted by Gasteiger charge is 2.64. The van der Waals surface area contributed by atoms with Gasteiger partial charge in [0.2, 0.25) is 6.20 Å². The number of rotatable bonds is 6. The van der Waals surface area contributed by atoms with E-state index in [2.05, 4.69) is 10.4 Å². The van der Waals surface area contributed by atoms with Crippen molar-refractivity contribution < 1.29 is 45.9 Å². The van der Waals surface area contributed by atoms with Crippen LogP contribution in [0.1, 0.15) is 64.3 Å². The Morgan fingerprint density at radius 2 is 1.94 bits per heavy atom. The summed E-state index contributed by atoms with van der Waals surface area (Å²) in [7, 11) is 0. The molecule has 8 nitrogen and oxygen atoms in total. The molecular formula is C20H20F6N5O3+. The van der Waals surface area contributed by atoms with E-state index in [-0.39, 0.29) is 17.8 Å². The van der Waals surface area contributed by atoms with Crippen molar-refractivity contribution in [3.05, 3.63) is 41.0 Å². The van der Waals surface area contributed by atoms with Crippen LogP contribution >= 0.6 is 0 Å². The molecule has 34 heavy (non-hydrogen) atoms. The van der Waals surface area contributed by atoms with E-state index < -0.39 is 64.9 Å². The summed E-state index contributed by atoms with van der Waals surface area (Å²) >= 11 is 0. The number of hydrogen-bond acceptors (Lipinski definition) is 4.